The van der Waals surface area contributed by atoms with E-state index >= 15 is 0 Å². The largest absolute Gasteiger partial charge is 0.490 e. The zero-order valence-electron chi connectivity index (χ0n) is 14.0. The first kappa shape index (κ1) is 19.5. The van der Waals surface area contributed by atoms with Gasteiger partial charge in [-0.2, -0.15) is 5.10 Å². The van der Waals surface area contributed by atoms with E-state index in [1.165, 1.54) is 0 Å². The van der Waals surface area contributed by atoms with Crippen LogP contribution in [-0.4, -0.2) is 25.3 Å². The summed E-state index contributed by atoms with van der Waals surface area (Å²) >= 11 is 3.50. The number of hydrazone groups is 1. The molecule has 5 nitrogen and oxygen atoms in total. The normalized spacial score (nSPS) is 10.8. The number of hydrogen-bond acceptors (Lipinski definition) is 4. The summed E-state index contributed by atoms with van der Waals surface area (Å²) in [5.41, 5.74) is 3.35. The molecule has 1 aromatic carbocycles. The van der Waals surface area contributed by atoms with E-state index in [-0.39, 0.29) is 5.91 Å². The summed E-state index contributed by atoms with van der Waals surface area (Å²) in [5.74, 6) is 1.28. The molecule has 0 saturated heterocycles. The lowest BCUT2D eigenvalue weighted by molar-refractivity contribution is -0.121. The van der Waals surface area contributed by atoms with E-state index in [4.69, 9.17) is 9.47 Å². The second kappa shape index (κ2) is 11.0. The van der Waals surface area contributed by atoms with Crippen molar-refractivity contribution in [3.05, 3.63) is 22.2 Å². The minimum absolute atomic E-state index is 0.0740. The van der Waals surface area contributed by atoms with E-state index in [0.717, 1.165) is 29.3 Å². The fourth-order valence-corrected chi connectivity index (χ4v) is 2.42. The lowest BCUT2D eigenvalue weighted by atomic mass is 10.2. The summed E-state index contributed by atoms with van der Waals surface area (Å²) in [6, 6.07) is 3.73. The van der Waals surface area contributed by atoms with Gasteiger partial charge < -0.3 is 9.47 Å². The molecular weight excluding hydrogens is 360 g/mol. The summed E-state index contributed by atoms with van der Waals surface area (Å²) in [7, 11) is 0. The predicted molar refractivity (Wildman–Crippen MR) is 96.4 cm³/mol. The fourth-order valence-electron chi connectivity index (χ4n) is 1.84. The van der Waals surface area contributed by atoms with Crippen LogP contribution in [0.5, 0.6) is 11.5 Å². The van der Waals surface area contributed by atoms with Gasteiger partial charge in [0.15, 0.2) is 11.5 Å². The van der Waals surface area contributed by atoms with Gasteiger partial charge in [0, 0.05) is 6.42 Å². The molecule has 0 aromatic heterocycles. The average molecular weight is 385 g/mol. The second-order valence-corrected chi connectivity index (χ2v) is 5.86. The van der Waals surface area contributed by atoms with Crippen molar-refractivity contribution >= 4 is 28.1 Å². The van der Waals surface area contributed by atoms with Crippen molar-refractivity contribution in [2.75, 3.05) is 13.2 Å². The molecule has 0 heterocycles. The predicted octanol–water partition coefficient (Wildman–Crippen LogP) is 4.28. The molecule has 1 aromatic rings. The van der Waals surface area contributed by atoms with Gasteiger partial charge >= 0.3 is 0 Å². The standard InChI is InChI=1S/C17H25BrN2O3/c1-4-7-8-16(21)20-19-12-13-10-14(18)17(23-9-5-2)15(11-13)22-6-3/h10-12H,4-9H2,1-3H3,(H,20,21)/b19-12+. The molecule has 0 unspecified atom stereocenters. The van der Waals surface area contributed by atoms with Crippen LogP contribution < -0.4 is 14.9 Å². The molecule has 0 atom stereocenters. The topological polar surface area (TPSA) is 59.9 Å². The van der Waals surface area contributed by atoms with Crippen LogP contribution in [0.2, 0.25) is 0 Å². The Balaban J connectivity index is 2.81. The molecule has 0 aliphatic rings. The van der Waals surface area contributed by atoms with Crippen molar-refractivity contribution in [3.8, 4) is 11.5 Å². The van der Waals surface area contributed by atoms with E-state index in [2.05, 4.69) is 33.4 Å². The first-order valence-electron chi connectivity index (χ1n) is 8.03. The van der Waals surface area contributed by atoms with Crippen LogP contribution in [0.1, 0.15) is 52.0 Å². The van der Waals surface area contributed by atoms with E-state index in [0.29, 0.717) is 31.1 Å². The monoisotopic (exact) mass is 384 g/mol. The number of hydrogen-bond donors (Lipinski definition) is 1. The molecule has 6 heteroatoms. The maximum absolute atomic E-state index is 11.5. The van der Waals surface area contributed by atoms with Gasteiger partial charge in [0.05, 0.1) is 23.9 Å². The van der Waals surface area contributed by atoms with Crippen molar-refractivity contribution < 1.29 is 14.3 Å². The number of nitrogens with zero attached hydrogens (tertiary/aromatic N) is 1. The minimum atomic E-state index is -0.0740. The van der Waals surface area contributed by atoms with Crippen molar-refractivity contribution in [1.82, 2.24) is 5.43 Å². The van der Waals surface area contributed by atoms with Crippen molar-refractivity contribution in [2.24, 2.45) is 5.10 Å². The lowest BCUT2D eigenvalue weighted by Gasteiger charge is -2.14. The Bertz CT molecular complexity index is 533. The highest BCUT2D eigenvalue weighted by Gasteiger charge is 2.11. The molecule has 0 bridgehead atoms. The molecule has 0 saturated carbocycles. The number of carbonyl (C=O) groups excluding carboxylic acids is 1. The molecule has 1 rings (SSSR count). The lowest BCUT2D eigenvalue weighted by Crippen LogP contribution is -2.16. The van der Waals surface area contributed by atoms with E-state index in [1.54, 1.807) is 6.21 Å². The Kier molecular flexibility index (Phi) is 9.36. The summed E-state index contributed by atoms with van der Waals surface area (Å²) in [5, 5.41) is 3.99. The Labute approximate surface area is 146 Å². The molecule has 128 valence electrons. The highest BCUT2D eigenvalue weighted by atomic mass is 79.9. The SMILES string of the molecule is CCCCC(=O)N/N=C/c1cc(Br)c(OCCC)c(OCC)c1. The number of nitrogens with one attached hydrogen (secondary N) is 1. The van der Waals surface area contributed by atoms with Gasteiger partial charge in [-0.15, -0.1) is 0 Å². The van der Waals surface area contributed by atoms with Crippen LogP contribution in [0.4, 0.5) is 0 Å². The van der Waals surface area contributed by atoms with Crippen LogP contribution in [0.25, 0.3) is 0 Å². The van der Waals surface area contributed by atoms with Gasteiger partial charge in [0.25, 0.3) is 0 Å². The maximum atomic E-state index is 11.5. The number of ether oxygens (including phenoxy) is 2. The number of unbranched alkanes of at least 4 members (excludes halogenated alkanes) is 1. The highest BCUT2D eigenvalue weighted by molar-refractivity contribution is 9.10. The zero-order valence-corrected chi connectivity index (χ0v) is 15.6. The summed E-state index contributed by atoms with van der Waals surface area (Å²) < 4.78 is 12.2. The van der Waals surface area contributed by atoms with Gasteiger partial charge in [-0.05, 0) is 53.4 Å². The van der Waals surface area contributed by atoms with Gasteiger partial charge in [0.1, 0.15) is 0 Å². The van der Waals surface area contributed by atoms with Crippen LogP contribution in [0.15, 0.2) is 21.7 Å². The molecule has 23 heavy (non-hydrogen) atoms. The molecule has 1 amide bonds. The first-order chi connectivity index (χ1) is 11.1. The van der Waals surface area contributed by atoms with Crippen LogP contribution in [0.3, 0.4) is 0 Å². The molecule has 0 fully saturated rings. The zero-order chi connectivity index (χ0) is 17.1. The second-order valence-electron chi connectivity index (χ2n) is 5.01. The summed E-state index contributed by atoms with van der Waals surface area (Å²) in [4.78, 5) is 11.5. The highest BCUT2D eigenvalue weighted by Crippen LogP contribution is 2.36. The van der Waals surface area contributed by atoms with Gasteiger partial charge in [-0.25, -0.2) is 5.43 Å². The third-order valence-electron chi connectivity index (χ3n) is 2.94. The maximum Gasteiger partial charge on any atom is 0.240 e. The quantitative estimate of drug-likeness (QED) is 0.483. The molecule has 0 aliphatic carbocycles. The van der Waals surface area contributed by atoms with E-state index < -0.39 is 0 Å². The summed E-state index contributed by atoms with van der Waals surface area (Å²) in [6.45, 7) is 7.19. The molecule has 0 spiro atoms. The third kappa shape index (κ3) is 7.03. The Morgan fingerprint density at radius 3 is 2.70 bits per heavy atom. The molecule has 0 aliphatic heterocycles. The number of carbonyl (C=O) groups is 1. The van der Waals surface area contributed by atoms with Gasteiger partial charge in [-0.3, -0.25) is 4.79 Å². The Morgan fingerprint density at radius 1 is 1.26 bits per heavy atom. The van der Waals surface area contributed by atoms with Crippen LogP contribution in [-0.2, 0) is 4.79 Å². The first-order valence-corrected chi connectivity index (χ1v) is 8.82. The van der Waals surface area contributed by atoms with Gasteiger partial charge in [0.2, 0.25) is 5.91 Å². The van der Waals surface area contributed by atoms with Crippen molar-refractivity contribution in [1.29, 1.82) is 0 Å². The molecule has 0 radical (unpaired) electrons. The Hall–Kier alpha value is -1.56. The number of rotatable bonds is 10. The number of benzene rings is 1. The van der Waals surface area contributed by atoms with Crippen molar-refractivity contribution in [3.63, 3.8) is 0 Å². The smallest absolute Gasteiger partial charge is 0.240 e. The minimum Gasteiger partial charge on any atom is -0.490 e. The molecular formula is C17H25BrN2O3. The Morgan fingerprint density at radius 2 is 2.04 bits per heavy atom. The van der Waals surface area contributed by atoms with E-state index in [9.17, 15) is 4.79 Å². The summed E-state index contributed by atoms with van der Waals surface area (Å²) in [6.07, 6.45) is 4.86. The van der Waals surface area contributed by atoms with Gasteiger partial charge in [-0.1, -0.05) is 20.3 Å². The average Bonchev–Trinajstić information content (AvgIpc) is 2.52. The van der Waals surface area contributed by atoms with Crippen LogP contribution in [0, 0.1) is 0 Å². The fraction of sp³-hybridized carbons (Fsp3) is 0.529. The van der Waals surface area contributed by atoms with Crippen LogP contribution >= 0.6 is 15.9 Å². The van der Waals surface area contributed by atoms with E-state index in [1.807, 2.05) is 26.0 Å². The number of amides is 1. The van der Waals surface area contributed by atoms with Crippen molar-refractivity contribution in [2.45, 2.75) is 46.5 Å². The number of halogens is 1. The third-order valence-corrected chi connectivity index (χ3v) is 3.53. The molecule has 1 N–H and O–H groups in total.